The Labute approximate surface area is 110 Å². The molecule has 1 aliphatic rings. The van der Waals surface area contributed by atoms with Crippen LogP contribution in [0, 0.1) is 6.92 Å². The van der Waals surface area contributed by atoms with Gasteiger partial charge in [0.05, 0.1) is 11.9 Å². The van der Waals surface area contributed by atoms with Gasteiger partial charge in [0.15, 0.2) is 0 Å². The van der Waals surface area contributed by atoms with Crippen LogP contribution in [0.3, 0.4) is 0 Å². The Hall–Kier alpha value is -0.180. The second-order valence-electron chi connectivity index (χ2n) is 3.78. The topological polar surface area (TPSA) is 74.8 Å². The molecule has 0 saturated carbocycles. The van der Waals surface area contributed by atoms with Crippen LogP contribution in [0.1, 0.15) is 5.69 Å². The Bertz CT molecular complexity index is 466. The van der Waals surface area contributed by atoms with Crippen LogP contribution in [0.4, 0.5) is 0 Å². The number of H-pyrrole nitrogens is 1. The summed E-state index contributed by atoms with van der Waals surface area (Å²) in [5, 5.41) is 6.73. The molecule has 5 nitrogen and oxygen atoms in total. The van der Waals surface area contributed by atoms with Gasteiger partial charge in [0.2, 0.25) is 10.0 Å². The molecule has 0 aromatic carbocycles. The van der Waals surface area contributed by atoms with Gasteiger partial charge in [-0.2, -0.15) is 28.6 Å². The lowest BCUT2D eigenvalue weighted by Gasteiger charge is -2.20. The van der Waals surface area contributed by atoms with E-state index in [2.05, 4.69) is 14.9 Å². The van der Waals surface area contributed by atoms with Crippen LogP contribution in [0.15, 0.2) is 11.1 Å². The van der Waals surface area contributed by atoms with E-state index in [1.807, 2.05) is 23.5 Å². The predicted octanol–water partition coefficient (Wildman–Crippen LogP) is 0.845. The van der Waals surface area contributed by atoms with Gasteiger partial charge in [-0.1, -0.05) is 0 Å². The van der Waals surface area contributed by atoms with Crippen molar-refractivity contribution in [1.29, 1.82) is 0 Å². The van der Waals surface area contributed by atoms with Crippen molar-refractivity contribution < 1.29 is 8.42 Å². The number of thioether (sulfide) groups is 2. The molecule has 0 amide bonds. The lowest BCUT2D eigenvalue weighted by Crippen LogP contribution is -2.33. The van der Waals surface area contributed by atoms with E-state index in [0.717, 1.165) is 17.3 Å². The van der Waals surface area contributed by atoms with Crippen LogP contribution >= 0.6 is 23.5 Å². The monoisotopic (exact) mass is 293 g/mol. The Morgan fingerprint density at radius 1 is 1.59 bits per heavy atom. The number of nitrogens with one attached hydrogen (secondary N) is 2. The Kier molecular flexibility index (Phi) is 4.40. The third-order valence-corrected chi connectivity index (χ3v) is 6.84. The van der Waals surface area contributed by atoms with Gasteiger partial charge in [0, 0.05) is 29.1 Å². The van der Waals surface area contributed by atoms with Gasteiger partial charge in [0.25, 0.3) is 0 Å². The highest BCUT2D eigenvalue weighted by Crippen LogP contribution is 2.23. The first-order valence-corrected chi connectivity index (χ1v) is 8.97. The van der Waals surface area contributed by atoms with Crippen molar-refractivity contribution in [1.82, 2.24) is 14.9 Å². The number of hydrogen-bond acceptors (Lipinski definition) is 5. The van der Waals surface area contributed by atoms with Gasteiger partial charge in [0.1, 0.15) is 4.90 Å². The van der Waals surface area contributed by atoms with Crippen LogP contribution in [-0.4, -0.2) is 47.7 Å². The maximum Gasteiger partial charge on any atom is 0.243 e. The molecule has 2 N–H and O–H groups in total. The molecule has 1 aliphatic heterocycles. The number of hydrogen-bond donors (Lipinski definition) is 2. The lowest BCUT2D eigenvalue weighted by atomic mass is 10.5. The maximum atomic E-state index is 12.0. The molecule has 1 aromatic rings. The first-order valence-electron chi connectivity index (χ1n) is 5.28. The van der Waals surface area contributed by atoms with Crippen LogP contribution in [0.5, 0.6) is 0 Å². The number of aromatic amines is 1. The third kappa shape index (κ3) is 3.40. The number of aromatic nitrogens is 2. The van der Waals surface area contributed by atoms with E-state index < -0.39 is 10.0 Å². The van der Waals surface area contributed by atoms with Crippen molar-refractivity contribution in [3.63, 3.8) is 0 Å². The van der Waals surface area contributed by atoms with E-state index in [9.17, 15) is 8.42 Å². The van der Waals surface area contributed by atoms with Crippen molar-refractivity contribution in [2.24, 2.45) is 0 Å². The summed E-state index contributed by atoms with van der Waals surface area (Å²) in [7, 11) is -3.41. The van der Waals surface area contributed by atoms with Crippen molar-refractivity contribution in [2.45, 2.75) is 17.1 Å². The molecule has 1 fully saturated rings. The Morgan fingerprint density at radius 3 is 3.00 bits per heavy atom. The molecule has 0 radical (unpaired) electrons. The first-order chi connectivity index (χ1) is 8.09. The molecule has 0 bridgehead atoms. The summed E-state index contributed by atoms with van der Waals surface area (Å²) in [6, 6.07) is 0. The molecular formula is C9H15N3O2S3. The summed E-state index contributed by atoms with van der Waals surface area (Å²) in [5.74, 6) is 3.27. The second-order valence-corrected chi connectivity index (χ2v) is 8.07. The number of aryl methyl sites for hydroxylation is 1. The van der Waals surface area contributed by atoms with Crippen molar-refractivity contribution >= 4 is 33.5 Å². The zero-order valence-corrected chi connectivity index (χ0v) is 11.9. The number of nitrogens with zero attached hydrogens (tertiary/aromatic N) is 1. The van der Waals surface area contributed by atoms with E-state index >= 15 is 0 Å². The summed E-state index contributed by atoms with van der Waals surface area (Å²) in [6.45, 7) is 2.19. The second kappa shape index (κ2) is 5.64. The zero-order chi connectivity index (χ0) is 12.3. The highest BCUT2D eigenvalue weighted by molar-refractivity contribution is 8.06. The molecule has 1 atom stereocenters. The van der Waals surface area contributed by atoms with E-state index in [1.165, 1.54) is 6.20 Å². The van der Waals surface area contributed by atoms with Crippen LogP contribution in [0.2, 0.25) is 0 Å². The van der Waals surface area contributed by atoms with E-state index in [1.54, 1.807) is 6.92 Å². The standard InChI is InChI=1S/C9H15N3O2S3/c1-7-9(5-10-12-7)17(13,14)11-4-8-6-15-2-3-16-8/h5,8,11H,2-4,6H2,1H3,(H,10,12). The van der Waals surface area contributed by atoms with E-state index in [4.69, 9.17) is 0 Å². The highest BCUT2D eigenvalue weighted by Gasteiger charge is 2.21. The van der Waals surface area contributed by atoms with Gasteiger partial charge in [-0.25, -0.2) is 13.1 Å². The molecule has 1 aromatic heterocycles. The van der Waals surface area contributed by atoms with Crippen LogP contribution < -0.4 is 4.72 Å². The SMILES string of the molecule is Cc1[nH]ncc1S(=O)(=O)NCC1CSCCS1. The quantitative estimate of drug-likeness (QED) is 0.860. The van der Waals surface area contributed by atoms with E-state index in [-0.39, 0.29) is 4.90 Å². The van der Waals surface area contributed by atoms with Crippen LogP contribution in [-0.2, 0) is 10.0 Å². The molecule has 0 spiro atoms. The lowest BCUT2D eigenvalue weighted by molar-refractivity contribution is 0.581. The fourth-order valence-electron chi connectivity index (χ4n) is 1.55. The number of sulfonamides is 1. The first kappa shape index (κ1) is 13.3. The Morgan fingerprint density at radius 2 is 2.41 bits per heavy atom. The summed E-state index contributed by atoms with van der Waals surface area (Å²) in [4.78, 5) is 0.242. The molecule has 2 heterocycles. The fraction of sp³-hybridized carbons (Fsp3) is 0.667. The smallest absolute Gasteiger partial charge is 0.243 e. The van der Waals surface area contributed by atoms with Crippen molar-refractivity contribution in [3.05, 3.63) is 11.9 Å². The number of rotatable bonds is 4. The van der Waals surface area contributed by atoms with Gasteiger partial charge in [-0.05, 0) is 6.92 Å². The van der Waals surface area contributed by atoms with E-state index in [0.29, 0.717) is 17.5 Å². The Balaban J connectivity index is 1.96. The largest absolute Gasteiger partial charge is 0.281 e. The minimum Gasteiger partial charge on any atom is -0.281 e. The summed E-state index contributed by atoms with van der Waals surface area (Å²) in [6.07, 6.45) is 1.35. The highest BCUT2D eigenvalue weighted by atomic mass is 32.2. The van der Waals surface area contributed by atoms with Crippen molar-refractivity contribution in [2.75, 3.05) is 23.8 Å². The normalized spacial score (nSPS) is 21.6. The molecule has 0 aliphatic carbocycles. The average Bonchev–Trinajstić information content (AvgIpc) is 2.75. The van der Waals surface area contributed by atoms with Gasteiger partial charge < -0.3 is 0 Å². The summed E-state index contributed by atoms with van der Waals surface area (Å²) >= 11 is 3.71. The van der Waals surface area contributed by atoms with Gasteiger partial charge >= 0.3 is 0 Å². The van der Waals surface area contributed by atoms with Gasteiger partial charge in [-0.15, -0.1) is 0 Å². The van der Waals surface area contributed by atoms with Crippen molar-refractivity contribution in [3.8, 4) is 0 Å². The average molecular weight is 293 g/mol. The van der Waals surface area contributed by atoms with Crippen LogP contribution in [0.25, 0.3) is 0 Å². The molecule has 1 saturated heterocycles. The molecule has 2 rings (SSSR count). The zero-order valence-electron chi connectivity index (χ0n) is 9.47. The maximum absolute atomic E-state index is 12.0. The summed E-state index contributed by atoms with van der Waals surface area (Å²) < 4.78 is 26.6. The molecular weight excluding hydrogens is 278 g/mol. The minimum absolute atomic E-state index is 0.242. The fourth-order valence-corrected chi connectivity index (χ4v) is 5.48. The third-order valence-electron chi connectivity index (χ3n) is 2.46. The molecule has 17 heavy (non-hydrogen) atoms. The summed E-state index contributed by atoms with van der Waals surface area (Å²) in [5.41, 5.74) is 0.572. The minimum atomic E-state index is -3.41. The molecule has 8 heteroatoms. The van der Waals surface area contributed by atoms with Gasteiger partial charge in [-0.3, -0.25) is 5.10 Å². The molecule has 96 valence electrons. The molecule has 1 unspecified atom stereocenters. The predicted molar refractivity (Wildman–Crippen MR) is 72.1 cm³/mol.